The second kappa shape index (κ2) is 11.7. The van der Waals surface area contributed by atoms with Crippen LogP contribution in [-0.2, 0) is 14.4 Å². The standard InChI is InChI=1S/C29H31N3O5S/c1-19(33)30-21-11-7-12-22(17-21)32(29(35)25-18-36-23-13-5-6-14-24(23)37-25)27(26-15-8-16-38-26)28(34)31-20-9-3-2-4-10-20/h5-8,11-17,20,25,27H,2-4,9-10,18H2,1H3,(H,30,33)(H,31,34)/t25-,27+/m0/s1. The van der Waals surface area contributed by atoms with Gasteiger partial charge in [-0.1, -0.05) is 43.5 Å². The van der Waals surface area contributed by atoms with Crippen molar-refractivity contribution in [1.29, 1.82) is 0 Å². The lowest BCUT2D eigenvalue weighted by molar-refractivity contribution is -0.132. The van der Waals surface area contributed by atoms with E-state index in [1.54, 1.807) is 36.4 Å². The smallest absolute Gasteiger partial charge is 0.272 e. The van der Waals surface area contributed by atoms with Crippen molar-refractivity contribution >= 4 is 40.4 Å². The van der Waals surface area contributed by atoms with Crippen LogP contribution in [-0.4, -0.2) is 36.5 Å². The van der Waals surface area contributed by atoms with Crippen LogP contribution in [0.1, 0.15) is 49.9 Å². The summed E-state index contributed by atoms with van der Waals surface area (Å²) in [5.74, 6) is 0.168. The molecule has 5 rings (SSSR count). The molecule has 8 nitrogen and oxygen atoms in total. The summed E-state index contributed by atoms with van der Waals surface area (Å²) in [5.41, 5.74) is 0.998. The Kier molecular flexibility index (Phi) is 7.93. The number of para-hydroxylation sites is 2. The topological polar surface area (TPSA) is 97.0 Å². The van der Waals surface area contributed by atoms with Crippen LogP contribution in [0.4, 0.5) is 11.4 Å². The summed E-state index contributed by atoms with van der Waals surface area (Å²) in [6, 6.07) is 17.0. The molecule has 1 aliphatic carbocycles. The summed E-state index contributed by atoms with van der Waals surface area (Å²) in [6.07, 6.45) is 4.20. The van der Waals surface area contributed by atoms with Gasteiger partial charge in [0.1, 0.15) is 12.6 Å². The van der Waals surface area contributed by atoms with Gasteiger partial charge in [0.15, 0.2) is 11.5 Å². The Bertz CT molecular complexity index is 1290. The van der Waals surface area contributed by atoms with Crippen molar-refractivity contribution in [3.8, 4) is 11.5 Å². The molecular weight excluding hydrogens is 502 g/mol. The van der Waals surface area contributed by atoms with E-state index in [-0.39, 0.29) is 24.5 Å². The van der Waals surface area contributed by atoms with Crippen LogP contribution < -0.4 is 25.0 Å². The molecule has 9 heteroatoms. The number of nitrogens with zero attached hydrogens (tertiary/aromatic N) is 1. The molecule has 0 saturated heterocycles. The zero-order chi connectivity index (χ0) is 26.5. The number of nitrogens with one attached hydrogen (secondary N) is 2. The summed E-state index contributed by atoms with van der Waals surface area (Å²) in [7, 11) is 0. The lowest BCUT2D eigenvalue weighted by Gasteiger charge is -2.36. The highest BCUT2D eigenvalue weighted by molar-refractivity contribution is 7.10. The highest BCUT2D eigenvalue weighted by Crippen LogP contribution is 2.36. The predicted octanol–water partition coefficient (Wildman–Crippen LogP) is 5.07. The molecule has 2 N–H and O–H groups in total. The largest absolute Gasteiger partial charge is 0.485 e. The van der Waals surface area contributed by atoms with E-state index in [0.717, 1.165) is 30.6 Å². The first kappa shape index (κ1) is 25.8. The fourth-order valence-electron chi connectivity index (χ4n) is 4.98. The highest BCUT2D eigenvalue weighted by Gasteiger charge is 2.40. The third kappa shape index (κ3) is 5.83. The number of anilines is 2. The average Bonchev–Trinajstić information content (AvgIpc) is 3.46. The molecule has 1 fully saturated rings. The third-order valence-electron chi connectivity index (χ3n) is 6.74. The summed E-state index contributed by atoms with van der Waals surface area (Å²) >= 11 is 1.42. The van der Waals surface area contributed by atoms with Crippen LogP contribution in [0, 0.1) is 0 Å². The minimum Gasteiger partial charge on any atom is -0.485 e. The van der Waals surface area contributed by atoms with Gasteiger partial charge >= 0.3 is 0 Å². The van der Waals surface area contributed by atoms with Crippen molar-refractivity contribution in [3.63, 3.8) is 0 Å². The monoisotopic (exact) mass is 533 g/mol. The molecule has 1 aliphatic heterocycles. The van der Waals surface area contributed by atoms with Crippen molar-refractivity contribution in [2.75, 3.05) is 16.8 Å². The van der Waals surface area contributed by atoms with E-state index in [4.69, 9.17) is 9.47 Å². The first-order valence-corrected chi connectivity index (χ1v) is 13.8. The van der Waals surface area contributed by atoms with Crippen molar-refractivity contribution in [2.45, 2.75) is 57.2 Å². The van der Waals surface area contributed by atoms with Crippen LogP contribution in [0.2, 0.25) is 0 Å². The van der Waals surface area contributed by atoms with Gasteiger partial charge in [-0.15, -0.1) is 11.3 Å². The quantitative estimate of drug-likeness (QED) is 0.442. The van der Waals surface area contributed by atoms with E-state index in [2.05, 4.69) is 10.6 Å². The number of carbonyl (C=O) groups is 3. The number of hydrogen-bond acceptors (Lipinski definition) is 6. The Morgan fingerprint density at radius 3 is 2.50 bits per heavy atom. The van der Waals surface area contributed by atoms with Crippen LogP contribution >= 0.6 is 11.3 Å². The molecule has 198 valence electrons. The van der Waals surface area contributed by atoms with Crippen LogP contribution in [0.5, 0.6) is 11.5 Å². The normalized spacial score (nSPS) is 17.8. The van der Waals surface area contributed by atoms with Crippen LogP contribution in [0.25, 0.3) is 0 Å². The number of rotatable bonds is 7. The fourth-order valence-corrected chi connectivity index (χ4v) is 5.80. The van der Waals surface area contributed by atoms with Crippen molar-refractivity contribution in [2.24, 2.45) is 0 Å². The maximum atomic E-state index is 14.2. The molecule has 0 unspecified atom stereocenters. The van der Waals surface area contributed by atoms with E-state index in [1.165, 1.54) is 29.6 Å². The summed E-state index contributed by atoms with van der Waals surface area (Å²) in [4.78, 5) is 42.1. The minimum atomic E-state index is -0.959. The van der Waals surface area contributed by atoms with Gasteiger partial charge in [-0.3, -0.25) is 19.3 Å². The molecule has 0 radical (unpaired) electrons. The number of amides is 3. The Morgan fingerprint density at radius 2 is 1.76 bits per heavy atom. The number of thiophene rings is 1. The lowest BCUT2D eigenvalue weighted by atomic mass is 9.95. The second-order valence-electron chi connectivity index (χ2n) is 9.57. The molecule has 2 aromatic carbocycles. The lowest BCUT2D eigenvalue weighted by Crippen LogP contribution is -2.52. The van der Waals surface area contributed by atoms with Crippen LogP contribution in [0.3, 0.4) is 0 Å². The first-order chi connectivity index (χ1) is 18.5. The molecule has 3 amide bonds. The molecule has 0 spiro atoms. The number of carbonyl (C=O) groups excluding carboxylic acids is 3. The molecule has 3 aromatic rings. The van der Waals surface area contributed by atoms with E-state index < -0.39 is 18.1 Å². The van der Waals surface area contributed by atoms with Crippen molar-refractivity contribution in [3.05, 3.63) is 70.9 Å². The Hall–Kier alpha value is -3.85. The van der Waals surface area contributed by atoms with E-state index in [1.807, 2.05) is 29.6 Å². The predicted molar refractivity (Wildman–Crippen MR) is 147 cm³/mol. The fraction of sp³-hybridized carbons (Fsp3) is 0.345. The Labute approximate surface area is 225 Å². The maximum Gasteiger partial charge on any atom is 0.272 e. The van der Waals surface area contributed by atoms with Crippen molar-refractivity contribution in [1.82, 2.24) is 5.32 Å². The van der Waals surface area contributed by atoms with E-state index in [0.29, 0.717) is 22.9 Å². The minimum absolute atomic E-state index is 0.0130. The summed E-state index contributed by atoms with van der Waals surface area (Å²) in [6.45, 7) is 1.44. The molecule has 2 atom stereocenters. The maximum absolute atomic E-state index is 14.2. The molecule has 2 heterocycles. The molecule has 2 aliphatic rings. The van der Waals surface area contributed by atoms with Gasteiger partial charge in [-0.05, 0) is 54.6 Å². The van der Waals surface area contributed by atoms with E-state index in [9.17, 15) is 14.4 Å². The van der Waals surface area contributed by atoms with Gasteiger partial charge in [0.2, 0.25) is 17.9 Å². The number of ether oxygens (including phenoxy) is 2. The number of benzene rings is 2. The average molecular weight is 534 g/mol. The highest BCUT2D eigenvalue weighted by atomic mass is 32.1. The molecular formula is C29H31N3O5S. The van der Waals surface area contributed by atoms with E-state index >= 15 is 0 Å². The SMILES string of the molecule is CC(=O)Nc1cccc(N(C(=O)[C@@H]2COc3ccccc3O2)[C@@H](C(=O)NC2CCCCC2)c2cccs2)c1. The van der Waals surface area contributed by atoms with Gasteiger partial charge < -0.3 is 20.1 Å². The molecule has 1 saturated carbocycles. The van der Waals surface area contributed by atoms with Gasteiger partial charge in [-0.2, -0.15) is 0 Å². The van der Waals surface area contributed by atoms with Gasteiger partial charge in [0, 0.05) is 29.2 Å². The van der Waals surface area contributed by atoms with Gasteiger partial charge in [0.25, 0.3) is 5.91 Å². The second-order valence-corrected chi connectivity index (χ2v) is 10.5. The third-order valence-corrected chi connectivity index (χ3v) is 7.66. The number of hydrogen-bond donors (Lipinski definition) is 2. The zero-order valence-electron chi connectivity index (χ0n) is 21.2. The number of fused-ring (bicyclic) bond motifs is 1. The summed E-state index contributed by atoms with van der Waals surface area (Å²) in [5, 5.41) is 7.87. The molecule has 1 aromatic heterocycles. The Morgan fingerprint density at radius 1 is 0.974 bits per heavy atom. The molecule has 0 bridgehead atoms. The van der Waals surface area contributed by atoms with Gasteiger partial charge in [-0.25, -0.2) is 0 Å². The van der Waals surface area contributed by atoms with Crippen molar-refractivity contribution < 1.29 is 23.9 Å². The first-order valence-electron chi connectivity index (χ1n) is 12.9. The van der Waals surface area contributed by atoms with Gasteiger partial charge in [0.05, 0.1) is 0 Å². The summed E-state index contributed by atoms with van der Waals surface area (Å²) < 4.78 is 11.9. The van der Waals surface area contributed by atoms with Crippen LogP contribution in [0.15, 0.2) is 66.0 Å². The zero-order valence-corrected chi connectivity index (χ0v) is 22.0. The molecule has 38 heavy (non-hydrogen) atoms. The Balaban J connectivity index is 1.53.